The van der Waals surface area contributed by atoms with Gasteiger partial charge in [-0.1, -0.05) is 35.5 Å². The third-order valence-electron chi connectivity index (χ3n) is 4.32. The fraction of sp³-hybridized carbons (Fsp3) is 0.238. The summed E-state index contributed by atoms with van der Waals surface area (Å²) >= 11 is 0. The number of aromatic nitrogens is 1. The number of rotatable bonds is 6. The summed E-state index contributed by atoms with van der Waals surface area (Å²) in [6.07, 6.45) is 0.971. The number of nitrogens with one attached hydrogen (secondary N) is 1. The van der Waals surface area contributed by atoms with Crippen molar-refractivity contribution in [1.29, 1.82) is 0 Å². The fourth-order valence-electron chi connectivity index (χ4n) is 2.93. The van der Waals surface area contributed by atoms with Crippen LogP contribution in [0.1, 0.15) is 28.1 Å². The highest BCUT2D eigenvalue weighted by atomic mass is 16.5. The number of hydrogen-bond donors (Lipinski definition) is 1. The van der Waals surface area contributed by atoms with E-state index in [0.29, 0.717) is 5.76 Å². The van der Waals surface area contributed by atoms with E-state index in [9.17, 15) is 4.79 Å². The minimum Gasteiger partial charge on any atom is -0.496 e. The molecule has 26 heavy (non-hydrogen) atoms. The van der Waals surface area contributed by atoms with Crippen molar-refractivity contribution >= 4 is 11.6 Å². The van der Waals surface area contributed by atoms with Crippen LogP contribution >= 0.6 is 0 Å². The number of anilines is 1. The Labute approximate surface area is 153 Å². The molecule has 0 bridgehead atoms. The van der Waals surface area contributed by atoms with E-state index in [4.69, 9.17) is 9.26 Å². The highest BCUT2D eigenvalue weighted by Crippen LogP contribution is 2.25. The first-order chi connectivity index (χ1) is 12.6. The molecule has 0 saturated heterocycles. The van der Waals surface area contributed by atoms with E-state index in [0.717, 1.165) is 34.7 Å². The number of nitrogens with zero attached hydrogens (tertiary/aromatic N) is 1. The molecule has 0 aliphatic rings. The second kappa shape index (κ2) is 7.87. The maximum atomic E-state index is 12.4. The van der Waals surface area contributed by atoms with E-state index >= 15 is 0 Å². The lowest BCUT2D eigenvalue weighted by molar-refractivity contribution is -0.115. The molecule has 0 atom stereocenters. The molecule has 0 saturated carbocycles. The molecule has 3 aromatic rings. The molecule has 0 fully saturated rings. The monoisotopic (exact) mass is 350 g/mol. The van der Waals surface area contributed by atoms with Crippen molar-refractivity contribution < 1.29 is 14.1 Å². The van der Waals surface area contributed by atoms with Crippen LogP contribution in [0.3, 0.4) is 0 Å². The van der Waals surface area contributed by atoms with Gasteiger partial charge < -0.3 is 14.6 Å². The van der Waals surface area contributed by atoms with Gasteiger partial charge in [0, 0.05) is 23.2 Å². The molecule has 2 aromatic carbocycles. The van der Waals surface area contributed by atoms with Gasteiger partial charge in [0.15, 0.2) is 0 Å². The molecule has 5 nitrogen and oxygen atoms in total. The van der Waals surface area contributed by atoms with Gasteiger partial charge in [-0.15, -0.1) is 0 Å². The van der Waals surface area contributed by atoms with Crippen molar-refractivity contribution in [2.45, 2.75) is 26.7 Å². The van der Waals surface area contributed by atoms with E-state index < -0.39 is 0 Å². The zero-order chi connectivity index (χ0) is 18.5. The van der Waals surface area contributed by atoms with E-state index in [1.165, 1.54) is 5.56 Å². The standard InChI is InChI=1S/C21H22N2O3/c1-14-19(15(2)26-23-14)13-21(24)22-18-9-10-20(25-3)17(12-18)11-16-7-5-4-6-8-16/h4-10,12H,11,13H2,1-3H3,(H,22,24). The lowest BCUT2D eigenvalue weighted by Crippen LogP contribution is -2.15. The van der Waals surface area contributed by atoms with E-state index in [1.807, 2.05) is 50.2 Å². The summed E-state index contributed by atoms with van der Waals surface area (Å²) in [5.74, 6) is 1.38. The summed E-state index contributed by atoms with van der Waals surface area (Å²) in [5.41, 5.74) is 4.53. The first-order valence-corrected chi connectivity index (χ1v) is 8.49. The van der Waals surface area contributed by atoms with E-state index in [-0.39, 0.29) is 12.3 Å². The lowest BCUT2D eigenvalue weighted by Gasteiger charge is -2.12. The largest absolute Gasteiger partial charge is 0.496 e. The van der Waals surface area contributed by atoms with Crippen molar-refractivity contribution in [3.05, 3.63) is 76.7 Å². The van der Waals surface area contributed by atoms with Gasteiger partial charge in [0.1, 0.15) is 11.5 Å². The molecule has 1 heterocycles. The van der Waals surface area contributed by atoms with Gasteiger partial charge in [0.05, 0.1) is 19.2 Å². The topological polar surface area (TPSA) is 64.4 Å². The van der Waals surface area contributed by atoms with Gasteiger partial charge >= 0.3 is 0 Å². The van der Waals surface area contributed by atoms with Crippen LogP contribution < -0.4 is 10.1 Å². The molecule has 5 heteroatoms. The molecule has 0 aliphatic heterocycles. The van der Waals surface area contributed by atoms with Crippen LogP contribution in [0, 0.1) is 13.8 Å². The molecule has 1 aromatic heterocycles. The van der Waals surface area contributed by atoms with Crippen molar-refractivity contribution in [1.82, 2.24) is 5.16 Å². The van der Waals surface area contributed by atoms with Gasteiger partial charge in [0.25, 0.3) is 0 Å². The van der Waals surface area contributed by atoms with Crippen molar-refractivity contribution in [2.24, 2.45) is 0 Å². The lowest BCUT2D eigenvalue weighted by atomic mass is 10.0. The smallest absolute Gasteiger partial charge is 0.228 e. The Morgan fingerprint density at radius 3 is 2.58 bits per heavy atom. The molecular weight excluding hydrogens is 328 g/mol. The normalized spacial score (nSPS) is 10.6. The number of amides is 1. The van der Waals surface area contributed by atoms with Crippen LogP contribution in [0.15, 0.2) is 53.1 Å². The predicted octanol–water partition coefficient (Wildman–Crippen LogP) is 4.07. The van der Waals surface area contributed by atoms with Crippen LogP contribution in [-0.2, 0) is 17.6 Å². The van der Waals surface area contributed by atoms with Crippen molar-refractivity contribution in [2.75, 3.05) is 12.4 Å². The quantitative estimate of drug-likeness (QED) is 0.728. The van der Waals surface area contributed by atoms with Gasteiger partial charge in [-0.2, -0.15) is 0 Å². The number of carbonyl (C=O) groups is 1. The van der Waals surface area contributed by atoms with Gasteiger partial charge in [-0.3, -0.25) is 4.79 Å². The molecule has 0 spiro atoms. The number of benzene rings is 2. The zero-order valence-corrected chi connectivity index (χ0v) is 15.2. The van der Waals surface area contributed by atoms with E-state index in [2.05, 4.69) is 22.6 Å². The number of hydrogen-bond acceptors (Lipinski definition) is 4. The Morgan fingerprint density at radius 2 is 1.92 bits per heavy atom. The zero-order valence-electron chi connectivity index (χ0n) is 15.2. The highest BCUT2D eigenvalue weighted by Gasteiger charge is 2.14. The molecule has 1 amide bonds. The average molecular weight is 350 g/mol. The Balaban J connectivity index is 1.76. The summed E-state index contributed by atoms with van der Waals surface area (Å²) in [6, 6.07) is 15.8. The number of carbonyl (C=O) groups excluding carboxylic acids is 1. The fourth-order valence-corrected chi connectivity index (χ4v) is 2.93. The third kappa shape index (κ3) is 4.11. The summed E-state index contributed by atoms with van der Waals surface area (Å²) in [5, 5.41) is 6.84. The Morgan fingerprint density at radius 1 is 1.15 bits per heavy atom. The molecule has 0 aliphatic carbocycles. The van der Waals surface area contributed by atoms with Crippen LogP contribution in [-0.4, -0.2) is 18.2 Å². The molecule has 0 radical (unpaired) electrons. The third-order valence-corrected chi connectivity index (χ3v) is 4.32. The minimum atomic E-state index is -0.102. The number of methoxy groups -OCH3 is 1. The maximum Gasteiger partial charge on any atom is 0.228 e. The average Bonchev–Trinajstić information content (AvgIpc) is 2.95. The van der Waals surface area contributed by atoms with Gasteiger partial charge in [-0.05, 0) is 37.6 Å². The summed E-state index contributed by atoms with van der Waals surface area (Å²) in [7, 11) is 1.65. The summed E-state index contributed by atoms with van der Waals surface area (Å²) in [6.45, 7) is 3.65. The van der Waals surface area contributed by atoms with Crippen LogP contribution in [0.5, 0.6) is 5.75 Å². The molecule has 134 valence electrons. The highest BCUT2D eigenvalue weighted by molar-refractivity contribution is 5.92. The second-order valence-electron chi connectivity index (χ2n) is 6.22. The first kappa shape index (κ1) is 17.7. The van der Waals surface area contributed by atoms with Gasteiger partial charge in [0.2, 0.25) is 5.91 Å². The number of ether oxygens (including phenoxy) is 1. The van der Waals surface area contributed by atoms with E-state index in [1.54, 1.807) is 7.11 Å². The minimum absolute atomic E-state index is 0.102. The van der Waals surface area contributed by atoms with Crippen molar-refractivity contribution in [3.8, 4) is 5.75 Å². The maximum absolute atomic E-state index is 12.4. The van der Waals surface area contributed by atoms with Crippen molar-refractivity contribution in [3.63, 3.8) is 0 Å². The molecule has 0 unspecified atom stereocenters. The molecule has 1 N–H and O–H groups in total. The Hall–Kier alpha value is -3.08. The molecule has 3 rings (SSSR count). The first-order valence-electron chi connectivity index (χ1n) is 8.49. The van der Waals surface area contributed by atoms with Gasteiger partial charge in [-0.25, -0.2) is 0 Å². The second-order valence-corrected chi connectivity index (χ2v) is 6.22. The Kier molecular flexibility index (Phi) is 5.37. The Bertz CT molecular complexity index is 881. The summed E-state index contributed by atoms with van der Waals surface area (Å²) < 4.78 is 10.6. The molecular formula is C21H22N2O3. The predicted molar refractivity (Wildman–Crippen MR) is 101 cm³/mol. The van der Waals surface area contributed by atoms with Crippen LogP contribution in [0.4, 0.5) is 5.69 Å². The van der Waals surface area contributed by atoms with Crippen LogP contribution in [0.2, 0.25) is 0 Å². The summed E-state index contributed by atoms with van der Waals surface area (Å²) in [4.78, 5) is 12.4. The number of aryl methyl sites for hydroxylation is 2. The SMILES string of the molecule is COc1ccc(NC(=O)Cc2c(C)noc2C)cc1Cc1ccccc1. The van der Waals surface area contributed by atoms with Crippen LogP contribution in [0.25, 0.3) is 0 Å².